The Labute approximate surface area is 198 Å². The van der Waals surface area contributed by atoms with Gasteiger partial charge in [0.1, 0.15) is 11.3 Å². The van der Waals surface area contributed by atoms with Gasteiger partial charge in [0, 0.05) is 17.8 Å². The highest BCUT2D eigenvalue weighted by Crippen LogP contribution is 2.21. The van der Waals surface area contributed by atoms with Crippen molar-refractivity contribution < 1.29 is 24.0 Å². The van der Waals surface area contributed by atoms with Crippen LogP contribution in [0.4, 0.5) is 5.69 Å². The molecular weight excluding hydrogens is 460 g/mol. The van der Waals surface area contributed by atoms with Gasteiger partial charge in [-0.05, 0) is 43.7 Å². The molecule has 0 aliphatic rings. The summed E-state index contributed by atoms with van der Waals surface area (Å²) in [5, 5.41) is 11.3. The summed E-state index contributed by atoms with van der Waals surface area (Å²) in [4.78, 5) is 60.5. The summed E-state index contributed by atoms with van der Waals surface area (Å²) in [5.74, 6) is -1.27. The number of ether oxygens (including phenoxy) is 2. The van der Waals surface area contributed by atoms with E-state index in [1.807, 2.05) is 0 Å². The van der Waals surface area contributed by atoms with E-state index < -0.39 is 28.0 Å². The standard InChI is InChI=1S/C23H22N4O8/c1-3-34-22(30)18-12-25(16-7-9-17(10-8-16)35-13-20(24)28)23(31)26(21(18)29)11-15-5-4-6-19(14(15)2)27(32)33/h4-10,12H,3,11,13H2,1-2H3,(H2,24,28). The SMILES string of the molecule is CCOC(=O)c1cn(-c2ccc(OCC(N)=O)cc2)c(=O)n(Cc2cccc([N+](=O)[O-])c2C)c1=O. The lowest BCUT2D eigenvalue weighted by Crippen LogP contribution is -2.42. The van der Waals surface area contributed by atoms with E-state index in [0.717, 1.165) is 15.3 Å². The first-order chi connectivity index (χ1) is 16.6. The molecule has 1 heterocycles. The average molecular weight is 482 g/mol. The Morgan fingerprint density at radius 3 is 2.40 bits per heavy atom. The number of nitrogens with two attached hydrogens (primary N) is 1. The molecule has 12 nitrogen and oxygen atoms in total. The van der Waals surface area contributed by atoms with Crippen LogP contribution < -0.4 is 21.7 Å². The second-order valence-corrected chi connectivity index (χ2v) is 7.37. The fraction of sp³-hybridized carbons (Fsp3) is 0.217. The molecule has 0 aliphatic heterocycles. The van der Waals surface area contributed by atoms with Gasteiger partial charge in [0.2, 0.25) is 0 Å². The molecule has 12 heteroatoms. The molecule has 3 aromatic rings. The number of aromatic nitrogens is 2. The fourth-order valence-electron chi connectivity index (χ4n) is 3.34. The van der Waals surface area contributed by atoms with Crippen LogP contribution >= 0.6 is 0 Å². The molecule has 2 aromatic carbocycles. The number of hydrogen-bond acceptors (Lipinski definition) is 8. The predicted octanol–water partition coefficient (Wildman–Crippen LogP) is 1.30. The zero-order valence-electron chi connectivity index (χ0n) is 18.9. The Hall–Kier alpha value is -4.74. The predicted molar refractivity (Wildman–Crippen MR) is 124 cm³/mol. The largest absolute Gasteiger partial charge is 0.484 e. The van der Waals surface area contributed by atoms with Crippen molar-refractivity contribution in [3.8, 4) is 11.4 Å². The topological polar surface area (TPSA) is 166 Å². The van der Waals surface area contributed by atoms with Crippen LogP contribution in [0.3, 0.4) is 0 Å². The smallest absolute Gasteiger partial charge is 0.345 e. The summed E-state index contributed by atoms with van der Waals surface area (Å²) in [7, 11) is 0. The third kappa shape index (κ3) is 5.43. The van der Waals surface area contributed by atoms with Crippen molar-refractivity contribution in [3.05, 3.63) is 96.3 Å². The summed E-state index contributed by atoms with van der Waals surface area (Å²) in [6.45, 7) is 2.45. The van der Waals surface area contributed by atoms with Gasteiger partial charge in [-0.25, -0.2) is 9.59 Å². The van der Waals surface area contributed by atoms with Crippen LogP contribution in [0.2, 0.25) is 0 Å². The molecule has 0 aliphatic carbocycles. The highest BCUT2D eigenvalue weighted by atomic mass is 16.6. The maximum atomic E-state index is 13.3. The summed E-state index contributed by atoms with van der Waals surface area (Å²) in [6, 6.07) is 10.3. The van der Waals surface area contributed by atoms with Crippen LogP contribution in [0, 0.1) is 17.0 Å². The van der Waals surface area contributed by atoms with Gasteiger partial charge in [-0.3, -0.25) is 28.8 Å². The van der Waals surface area contributed by atoms with Crippen molar-refractivity contribution in [2.24, 2.45) is 5.73 Å². The molecule has 0 fully saturated rings. The molecule has 35 heavy (non-hydrogen) atoms. The molecule has 0 atom stereocenters. The number of amides is 1. The number of nitro groups is 1. The van der Waals surface area contributed by atoms with Crippen LogP contribution in [0.1, 0.15) is 28.4 Å². The van der Waals surface area contributed by atoms with Gasteiger partial charge < -0.3 is 15.2 Å². The van der Waals surface area contributed by atoms with Crippen molar-refractivity contribution in [1.82, 2.24) is 9.13 Å². The Balaban J connectivity index is 2.14. The number of hydrogen-bond donors (Lipinski definition) is 1. The lowest BCUT2D eigenvalue weighted by molar-refractivity contribution is -0.385. The molecule has 2 N–H and O–H groups in total. The molecule has 0 bridgehead atoms. The van der Waals surface area contributed by atoms with Crippen molar-refractivity contribution in [3.63, 3.8) is 0 Å². The summed E-state index contributed by atoms with van der Waals surface area (Å²) >= 11 is 0. The van der Waals surface area contributed by atoms with E-state index in [9.17, 15) is 29.3 Å². The van der Waals surface area contributed by atoms with Gasteiger partial charge in [0.05, 0.1) is 23.8 Å². The lowest BCUT2D eigenvalue weighted by atomic mass is 10.1. The van der Waals surface area contributed by atoms with E-state index in [0.29, 0.717) is 11.3 Å². The van der Waals surface area contributed by atoms with Crippen molar-refractivity contribution in [1.29, 1.82) is 0 Å². The number of primary amides is 1. The van der Waals surface area contributed by atoms with Crippen LogP contribution in [-0.4, -0.2) is 39.1 Å². The quantitative estimate of drug-likeness (QED) is 0.271. The van der Waals surface area contributed by atoms with Gasteiger partial charge in [0.25, 0.3) is 17.2 Å². The van der Waals surface area contributed by atoms with Crippen molar-refractivity contribution in [2.75, 3.05) is 13.2 Å². The van der Waals surface area contributed by atoms with E-state index in [1.54, 1.807) is 13.0 Å². The number of rotatable bonds is 9. The molecule has 0 saturated carbocycles. The first-order valence-electron chi connectivity index (χ1n) is 10.4. The first kappa shape index (κ1) is 24.9. The summed E-state index contributed by atoms with van der Waals surface area (Å²) < 4.78 is 12.1. The zero-order chi connectivity index (χ0) is 25.7. The van der Waals surface area contributed by atoms with Gasteiger partial charge in [-0.2, -0.15) is 0 Å². The minimum atomic E-state index is -0.919. The molecule has 0 unspecified atom stereocenters. The Morgan fingerprint density at radius 2 is 1.80 bits per heavy atom. The number of benzene rings is 2. The minimum absolute atomic E-state index is 0.00723. The average Bonchev–Trinajstić information content (AvgIpc) is 2.82. The number of nitro benzene ring substituents is 1. The molecule has 1 amide bonds. The van der Waals surface area contributed by atoms with Crippen molar-refractivity contribution in [2.45, 2.75) is 20.4 Å². The highest BCUT2D eigenvalue weighted by molar-refractivity contribution is 5.88. The zero-order valence-corrected chi connectivity index (χ0v) is 18.9. The Bertz CT molecular complexity index is 1410. The lowest BCUT2D eigenvalue weighted by Gasteiger charge is -2.14. The van der Waals surface area contributed by atoms with Crippen LogP contribution in [0.15, 0.2) is 58.3 Å². The third-order valence-electron chi connectivity index (χ3n) is 5.10. The molecule has 0 radical (unpaired) electrons. The number of nitrogens with zero attached hydrogens (tertiary/aromatic N) is 3. The number of carbonyl (C=O) groups is 2. The van der Waals surface area contributed by atoms with Gasteiger partial charge >= 0.3 is 11.7 Å². The molecule has 3 rings (SSSR count). The molecule has 0 spiro atoms. The van der Waals surface area contributed by atoms with Gasteiger partial charge in [-0.1, -0.05) is 12.1 Å². The van der Waals surface area contributed by atoms with Crippen LogP contribution in [0.5, 0.6) is 5.75 Å². The van der Waals surface area contributed by atoms with E-state index in [4.69, 9.17) is 15.2 Å². The molecular formula is C23H22N4O8. The molecule has 182 valence electrons. The molecule has 0 saturated heterocycles. The summed E-state index contributed by atoms with van der Waals surface area (Å²) in [5.41, 5.74) is 3.78. The Kier molecular flexibility index (Phi) is 7.44. The van der Waals surface area contributed by atoms with E-state index in [2.05, 4.69) is 0 Å². The van der Waals surface area contributed by atoms with Crippen LogP contribution in [0.25, 0.3) is 5.69 Å². The number of carbonyl (C=O) groups excluding carboxylic acids is 2. The summed E-state index contributed by atoms with van der Waals surface area (Å²) in [6.07, 6.45) is 1.08. The van der Waals surface area contributed by atoms with Gasteiger partial charge in [-0.15, -0.1) is 0 Å². The van der Waals surface area contributed by atoms with Gasteiger partial charge in [0.15, 0.2) is 6.61 Å². The maximum absolute atomic E-state index is 13.3. The normalized spacial score (nSPS) is 10.6. The monoisotopic (exact) mass is 482 g/mol. The second-order valence-electron chi connectivity index (χ2n) is 7.37. The highest BCUT2D eigenvalue weighted by Gasteiger charge is 2.21. The molecule has 1 aromatic heterocycles. The second kappa shape index (κ2) is 10.5. The van der Waals surface area contributed by atoms with E-state index in [-0.39, 0.29) is 42.3 Å². The Morgan fingerprint density at radius 1 is 1.11 bits per heavy atom. The third-order valence-corrected chi connectivity index (χ3v) is 5.10. The van der Waals surface area contributed by atoms with E-state index in [1.165, 1.54) is 43.3 Å². The fourth-order valence-corrected chi connectivity index (χ4v) is 3.34. The van der Waals surface area contributed by atoms with Crippen LogP contribution in [-0.2, 0) is 16.1 Å². The minimum Gasteiger partial charge on any atom is -0.484 e. The van der Waals surface area contributed by atoms with Crippen molar-refractivity contribution >= 4 is 17.6 Å². The first-order valence-corrected chi connectivity index (χ1v) is 10.4. The van der Waals surface area contributed by atoms with E-state index >= 15 is 0 Å². The number of esters is 1. The maximum Gasteiger partial charge on any atom is 0.345 e.